The molecule has 3 atom stereocenters. The van der Waals surface area contributed by atoms with E-state index in [1.54, 1.807) is 0 Å². The normalized spacial score (nSPS) is 25.9. The van der Waals surface area contributed by atoms with Crippen molar-refractivity contribution in [3.63, 3.8) is 0 Å². The minimum atomic E-state index is -0.104. The fourth-order valence-corrected chi connectivity index (χ4v) is 3.26. The van der Waals surface area contributed by atoms with Gasteiger partial charge in [-0.1, -0.05) is 44.0 Å². The van der Waals surface area contributed by atoms with Crippen LogP contribution in [0, 0.1) is 18.8 Å². The number of aliphatic hydroxyl groups is 1. The van der Waals surface area contributed by atoms with Gasteiger partial charge in [-0.25, -0.2) is 0 Å². The van der Waals surface area contributed by atoms with Crippen LogP contribution in [0.15, 0.2) is 24.3 Å². The first-order valence-electron chi connectivity index (χ1n) is 7.39. The molecule has 0 aromatic heterocycles. The van der Waals surface area contributed by atoms with Gasteiger partial charge in [0, 0.05) is 0 Å². The zero-order valence-corrected chi connectivity index (χ0v) is 11.7. The molecule has 1 aliphatic carbocycles. The highest BCUT2D eigenvalue weighted by molar-refractivity contribution is 5.25. The van der Waals surface area contributed by atoms with Crippen molar-refractivity contribution in [3.05, 3.63) is 35.4 Å². The summed E-state index contributed by atoms with van der Waals surface area (Å²) in [4.78, 5) is 0. The van der Waals surface area contributed by atoms with E-state index in [-0.39, 0.29) is 6.10 Å². The molecule has 1 aromatic rings. The van der Waals surface area contributed by atoms with E-state index < -0.39 is 0 Å². The third-order valence-electron chi connectivity index (χ3n) is 4.49. The lowest BCUT2D eigenvalue weighted by Crippen LogP contribution is -2.26. The molecule has 100 valence electrons. The number of aliphatic hydroxyl groups excluding tert-OH is 1. The van der Waals surface area contributed by atoms with Crippen molar-refractivity contribution in [1.82, 2.24) is 0 Å². The molecule has 0 saturated heterocycles. The number of rotatable bonds is 4. The summed E-state index contributed by atoms with van der Waals surface area (Å²) >= 11 is 0. The largest absolute Gasteiger partial charge is 0.393 e. The predicted molar refractivity (Wildman–Crippen MR) is 76.6 cm³/mol. The minimum Gasteiger partial charge on any atom is -0.393 e. The second-order valence-corrected chi connectivity index (χ2v) is 6.06. The maximum Gasteiger partial charge on any atom is 0.0571 e. The van der Waals surface area contributed by atoms with Crippen LogP contribution >= 0.6 is 0 Å². The maximum atomic E-state index is 10.3. The van der Waals surface area contributed by atoms with Crippen molar-refractivity contribution in [3.8, 4) is 0 Å². The number of benzene rings is 1. The summed E-state index contributed by atoms with van der Waals surface area (Å²) in [7, 11) is 0. The molecule has 0 radical (unpaired) electrons. The molecule has 1 nitrogen and oxygen atoms in total. The molecule has 1 N–H and O–H groups in total. The van der Waals surface area contributed by atoms with Crippen LogP contribution in [0.2, 0.25) is 0 Å². The van der Waals surface area contributed by atoms with Crippen molar-refractivity contribution >= 4 is 0 Å². The Morgan fingerprint density at radius 2 is 2.06 bits per heavy atom. The lowest BCUT2D eigenvalue weighted by Gasteiger charge is -2.30. The van der Waals surface area contributed by atoms with Gasteiger partial charge >= 0.3 is 0 Å². The molecule has 2 rings (SSSR count). The summed E-state index contributed by atoms with van der Waals surface area (Å²) in [6.07, 6.45) is 6.91. The van der Waals surface area contributed by atoms with Crippen molar-refractivity contribution in [2.75, 3.05) is 0 Å². The van der Waals surface area contributed by atoms with Crippen LogP contribution in [0.5, 0.6) is 0 Å². The first kappa shape index (κ1) is 13.6. The summed E-state index contributed by atoms with van der Waals surface area (Å²) in [5.74, 6) is 1.34. The Labute approximate surface area is 111 Å². The lowest BCUT2D eigenvalue weighted by atomic mass is 9.78. The number of hydrogen-bond acceptors (Lipinski definition) is 1. The Bertz CT molecular complexity index is 372. The molecule has 1 aliphatic rings. The summed E-state index contributed by atoms with van der Waals surface area (Å²) < 4.78 is 0. The molecule has 1 heteroatoms. The van der Waals surface area contributed by atoms with Gasteiger partial charge in [0.2, 0.25) is 0 Å². The Morgan fingerprint density at radius 3 is 2.78 bits per heavy atom. The van der Waals surface area contributed by atoms with Gasteiger partial charge in [-0.05, 0) is 55.6 Å². The first-order valence-corrected chi connectivity index (χ1v) is 7.39. The van der Waals surface area contributed by atoms with E-state index in [0.29, 0.717) is 5.92 Å². The van der Waals surface area contributed by atoms with Crippen LogP contribution in [-0.4, -0.2) is 11.2 Å². The van der Waals surface area contributed by atoms with E-state index in [0.717, 1.165) is 18.8 Å². The quantitative estimate of drug-likeness (QED) is 0.847. The number of aryl methyl sites for hydroxylation is 2. The molecule has 0 heterocycles. The van der Waals surface area contributed by atoms with Gasteiger partial charge in [0.25, 0.3) is 0 Å². The molecule has 0 bridgehead atoms. The molecule has 1 saturated carbocycles. The summed E-state index contributed by atoms with van der Waals surface area (Å²) in [5.41, 5.74) is 2.74. The van der Waals surface area contributed by atoms with E-state index in [9.17, 15) is 5.11 Å². The smallest absolute Gasteiger partial charge is 0.0571 e. The molecule has 0 spiro atoms. The molecule has 0 amide bonds. The molecule has 1 fully saturated rings. The first-order chi connectivity index (χ1) is 8.66. The van der Waals surface area contributed by atoms with Gasteiger partial charge in [-0.3, -0.25) is 0 Å². The van der Waals surface area contributed by atoms with Gasteiger partial charge in [0.15, 0.2) is 0 Å². The minimum absolute atomic E-state index is 0.104. The van der Waals surface area contributed by atoms with Crippen molar-refractivity contribution in [1.29, 1.82) is 0 Å². The average Bonchev–Trinajstić information content (AvgIpc) is 2.37. The highest BCUT2D eigenvalue weighted by atomic mass is 16.3. The Morgan fingerprint density at radius 1 is 1.28 bits per heavy atom. The average molecular weight is 246 g/mol. The zero-order chi connectivity index (χ0) is 13.0. The van der Waals surface area contributed by atoms with Gasteiger partial charge in [0.05, 0.1) is 6.10 Å². The van der Waals surface area contributed by atoms with E-state index in [2.05, 4.69) is 38.1 Å². The van der Waals surface area contributed by atoms with Crippen molar-refractivity contribution < 1.29 is 5.11 Å². The Hall–Kier alpha value is -0.820. The topological polar surface area (TPSA) is 20.2 Å². The van der Waals surface area contributed by atoms with Gasteiger partial charge in [-0.15, -0.1) is 0 Å². The van der Waals surface area contributed by atoms with Crippen LogP contribution in [-0.2, 0) is 6.42 Å². The monoisotopic (exact) mass is 246 g/mol. The van der Waals surface area contributed by atoms with Crippen molar-refractivity contribution in [2.24, 2.45) is 11.8 Å². The molecule has 0 aliphatic heterocycles. The van der Waals surface area contributed by atoms with Crippen LogP contribution < -0.4 is 0 Å². The van der Waals surface area contributed by atoms with E-state index in [1.165, 1.54) is 36.8 Å². The standard InChI is InChI=1S/C17H26O/c1-13-6-5-9-16(12-13)17(18)11-10-15-8-4-3-7-14(15)2/h3-4,7-8,13,16-18H,5-6,9-12H2,1-2H3. The van der Waals surface area contributed by atoms with E-state index in [4.69, 9.17) is 0 Å². The fraction of sp³-hybridized carbons (Fsp3) is 0.647. The number of hydrogen-bond donors (Lipinski definition) is 1. The third-order valence-corrected chi connectivity index (χ3v) is 4.49. The summed E-state index contributed by atoms with van der Waals surface area (Å²) in [6, 6.07) is 8.52. The van der Waals surface area contributed by atoms with Crippen LogP contribution in [0.1, 0.15) is 50.2 Å². The van der Waals surface area contributed by atoms with E-state index in [1.807, 2.05) is 0 Å². The SMILES string of the molecule is Cc1ccccc1CCC(O)C1CCCC(C)C1. The highest BCUT2D eigenvalue weighted by Crippen LogP contribution is 2.32. The second-order valence-electron chi connectivity index (χ2n) is 6.06. The van der Waals surface area contributed by atoms with Crippen LogP contribution in [0.4, 0.5) is 0 Å². The molecular formula is C17H26O. The van der Waals surface area contributed by atoms with Gasteiger partial charge < -0.3 is 5.11 Å². The highest BCUT2D eigenvalue weighted by Gasteiger charge is 2.24. The maximum absolute atomic E-state index is 10.3. The third kappa shape index (κ3) is 3.58. The fourth-order valence-electron chi connectivity index (χ4n) is 3.26. The molecule has 1 aromatic carbocycles. The zero-order valence-electron chi connectivity index (χ0n) is 11.7. The van der Waals surface area contributed by atoms with Gasteiger partial charge in [0.1, 0.15) is 0 Å². The molecular weight excluding hydrogens is 220 g/mol. The van der Waals surface area contributed by atoms with Crippen molar-refractivity contribution in [2.45, 2.75) is 58.5 Å². The summed E-state index contributed by atoms with van der Waals surface area (Å²) in [6.45, 7) is 4.48. The van der Waals surface area contributed by atoms with Crippen LogP contribution in [0.3, 0.4) is 0 Å². The Kier molecular flexibility index (Phi) is 4.82. The van der Waals surface area contributed by atoms with E-state index >= 15 is 0 Å². The van der Waals surface area contributed by atoms with Crippen LogP contribution in [0.25, 0.3) is 0 Å². The molecule has 18 heavy (non-hydrogen) atoms. The lowest BCUT2D eigenvalue weighted by molar-refractivity contribution is 0.0651. The molecule has 3 unspecified atom stereocenters. The van der Waals surface area contributed by atoms with Gasteiger partial charge in [-0.2, -0.15) is 0 Å². The summed E-state index contributed by atoms with van der Waals surface area (Å²) in [5, 5.41) is 10.3. The predicted octanol–water partition coefficient (Wildman–Crippen LogP) is 4.11. The Balaban J connectivity index is 1.84. The second kappa shape index (κ2) is 6.38.